The van der Waals surface area contributed by atoms with Crippen LogP contribution >= 0.6 is 11.6 Å². The van der Waals surface area contributed by atoms with Crippen LogP contribution in [0, 0.1) is 0 Å². The molecule has 1 saturated carbocycles. The second kappa shape index (κ2) is 6.17. The van der Waals surface area contributed by atoms with E-state index in [1.807, 2.05) is 43.3 Å². The third-order valence-electron chi connectivity index (χ3n) is 4.36. The molecule has 1 aromatic carbocycles. The van der Waals surface area contributed by atoms with Crippen molar-refractivity contribution in [2.75, 3.05) is 0 Å². The number of amides is 1. The summed E-state index contributed by atoms with van der Waals surface area (Å²) in [7, 11) is 0. The number of hydrogen-bond acceptors (Lipinski definition) is 2. The van der Waals surface area contributed by atoms with E-state index in [0.717, 1.165) is 37.0 Å². The molecule has 0 aliphatic heterocycles. The summed E-state index contributed by atoms with van der Waals surface area (Å²) >= 11 is 5.93. The van der Waals surface area contributed by atoms with Crippen molar-refractivity contribution >= 4 is 17.5 Å². The summed E-state index contributed by atoms with van der Waals surface area (Å²) in [6, 6.07) is 11.6. The molecule has 0 radical (unpaired) electrons. The Morgan fingerprint density at radius 1 is 1.32 bits per heavy atom. The predicted octanol–water partition coefficient (Wildman–Crippen LogP) is 4.10. The van der Waals surface area contributed by atoms with Crippen molar-refractivity contribution < 1.29 is 9.21 Å². The lowest BCUT2D eigenvalue weighted by Gasteiger charge is -2.20. The second-order valence-corrected chi connectivity index (χ2v) is 6.52. The normalized spacial score (nSPS) is 17.0. The van der Waals surface area contributed by atoms with Crippen molar-refractivity contribution in [2.45, 2.75) is 44.1 Å². The van der Waals surface area contributed by atoms with E-state index in [2.05, 4.69) is 5.32 Å². The highest BCUT2D eigenvalue weighted by Crippen LogP contribution is 2.48. The Kier molecular flexibility index (Phi) is 4.25. The second-order valence-electron chi connectivity index (χ2n) is 6.08. The average Bonchev–Trinajstić information content (AvgIpc) is 3.15. The molecule has 1 aliphatic rings. The number of carbonyl (C=O) groups is 1. The SMILES string of the molecule is CC(CCc1ccco1)NC(=O)C1(c2ccc(Cl)cc2)CC1. The number of nitrogens with one attached hydrogen (secondary N) is 1. The van der Waals surface area contributed by atoms with Crippen molar-refractivity contribution in [1.29, 1.82) is 0 Å². The van der Waals surface area contributed by atoms with Crippen LogP contribution in [0.4, 0.5) is 0 Å². The maximum absolute atomic E-state index is 12.6. The predicted molar refractivity (Wildman–Crippen MR) is 87.0 cm³/mol. The Morgan fingerprint density at radius 3 is 2.64 bits per heavy atom. The maximum atomic E-state index is 12.6. The lowest BCUT2D eigenvalue weighted by atomic mass is 9.94. The van der Waals surface area contributed by atoms with E-state index in [-0.39, 0.29) is 17.4 Å². The fourth-order valence-electron chi connectivity index (χ4n) is 2.79. The summed E-state index contributed by atoms with van der Waals surface area (Å²) in [4.78, 5) is 12.6. The molecule has 4 heteroatoms. The molecule has 1 unspecified atom stereocenters. The zero-order valence-electron chi connectivity index (χ0n) is 12.6. The van der Waals surface area contributed by atoms with E-state index in [1.54, 1.807) is 6.26 Å². The first-order valence-corrected chi connectivity index (χ1v) is 8.07. The lowest BCUT2D eigenvalue weighted by molar-refractivity contribution is -0.124. The Labute approximate surface area is 135 Å². The van der Waals surface area contributed by atoms with Gasteiger partial charge in [0, 0.05) is 17.5 Å². The van der Waals surface area contributed by atoms with Crippen LogP contribution in [0.25, 0.3) is 0 Å². The molecule has 1 N–H and O–H groups in total. The number of carbonyl (C=O) groups excluding carboxylic acids is 1. The van der Waals surface area contributed by atoms with Crippen LogP contribution in [-0.4, -0.2) is 11.9 Å². The molecule has 0 saturated heterocycles. The van der Waals surface area contributed by atoms with Gasteiger partial charge in [0.1, 0.15) is 5.76 Å². The van der Waals surface area contributed by atoms with Crippen LogP contribution in [0.1, 0.15) is 37.5 Å². The minimum atomic E-state index is -0.344. The van der Waals surface area contributed by atoms with Gasteiger partial charge < -0.3 is 9.73 Å². The number of halogens is 1. The van der Waals surface area contributed by atoms with Gasteiger partial charge in [0.05, 0.1) is 11.7 Å². The molecule has 1 aromatic heterocycles. The van der Waals surface area contributed by atoms with Gasteiger partial charge in [0.2, 0.25) is 5.91 Å². The van der Waals surface area contributed by atoms with Gasteiger partial charge in [-0.2, -0.15) is 0 Å². The molecule has 1 aliphatic carbocycles. The first-order valence-electron chi connectivity index (χ1n) is 7.69. The highest BCUT2D eigenvalue weighted by Gasteiger charge is 2.51. The molecule has 22 heavy (non-hydrogen) atoms. The summed E-state index contributed by atoms with van der Waals surface area (Å²) in [6.07, 6.45) is 5.20. The number of aryl methyl sites for hydroxylation is 1. The summed E-state index contributed by atoms with van der Waals surface area (Å²) in [5.74, 6) is 1.08. The highest BCUT2D eigenvalue weighted by atomic mass is 35.5. The molecule has 1 atom stereocenters. The van der Waals surface area contributed by atoms with Gasteiger partial charge in [0.25, 0.3) is 0 Å². The molecule has 1 amide bonds. The van der Waals surface area contributed by atoms with E-state index in [1.165, 1.54) is 0 Å². The van der Waals surface area contributed by atoms with E-state index in [4.69, 9.17) is 16.0 Å². The van der Waals surface area contributed by atoms with Gasteiger partial charge in [-0.3, -0.25) is 4.79 Å². The Bertz CT molecular complexity index is 630. The third kappa shape index (κ3) is 3.20. The highest BCUT2D eigenvalue weighted by molar-refractivity contribution is 6.30. The summed E-state index contributed by atoms with van der Waals surface area (Å²) in [6.45, 7) is 2.04. The first-order chi connectivity index (χ1) is 10.6. The minimum absolute atomic E-state index is 0.127. The molecule has 3 nitrogen and oxygen atoms in total. The summed E-state index contributed by atoms with van der Waals surface area (Å²) in [5, 5.41) is 3.85. The van der Waals surface area contributed by atoms with E-state index >= 15 is 0 Å². The van der Waals surface area contributed by atoms with Crippen molar-refractivity contribution in [1.82, 2.24) is 5.32 Å². The zero-order valence-corrected chi connectivity index (χ0v) is 13.4. The van der Waals surface area contributed by atoms with Crippen molar-refractivity contribution in [3.8, 4) is 0 Å². The first kappa shape index (κ1) is 15.2. The largest absolute Gasteiger partial charge is 0.469 e. The quantitative estimate of drug-likeness (QED) is 0.871. The minimum Gasteiger partial charge on any atom is -0.469 e. The van der Waals surface area contributed by atoms with Gasteiger partial charge in [-0.1, -0.05) is 23.7 Å². The number of rotatable bonds is 6. The van der Waals surface area contributed by atoms with Gasteiger partial charge in [-0.05, 0) is 56.0 Å². The number of hydrogen-bond donors (Lipinski definition) is 1. The van der Waals surface area contributed by atoms with Crippen molar-refractivity contribution in [3.63, 3.8) is 0 Å². The molecule has 2 aromatic rings. The summed E-state index contributed by atoms with van der Waals surface area (Å²) in [5.41, 5.74) is 0.719. The molecule has 0 bridgehead atoms. The van der Waals surface area contributed by atoms with Gasteiger partial charge in [0.15, 0.2) is 0 Å². The fourth-order valence-corrected chi connectivity index (χ4v) is 2.91. The fraction of sp³-hybridized carbons (Fsp3) is 0.389. The third-order valence-corrected chi connectivity index (χ3v) is 4.61. The van der Waals surface area contributed by atoms with E-state index in [0.29, 0.717) is 5.02 Å². The summed E-state index contributed by atoms with van der Waals surface area (Å²) < 4.78 is 5.32. The molecule has 3 rings (SSSR count). The van der Waals surface area contributed by atoms with Crippen LogP contribution in [0.5, 0.6) is 0 Å². The van der Waals surface area contributed by atoms with E-state index in [9.17, 15) is 4.79 Å². The molecular weight excluding hydrogens is 298 g/mol. The lowest BCUT2D eigenvalue weighted by Crippen LogP contribution is -2.40. The number of benzene rings is 1. The zero-order chi connectivity index (χ0) is 15.6. The van der Waals surface area contributed by atoms with Crippen molar-refractivity contribution in [2.24, 2.45) is 0 Å². The molecule has 1 heterocycles. The van der Waals surface area contributed by atoms with Gasteiger partial charge >= 0.3 is 0 Å². The Morgan fingerprint density at radius 2 is 2.05 bits per heavy atom. The number of furan rings is 1. The van der Waals surface area contributed by atoms with Crippen LogP contribution < -0.4 is 5.32 Å². The molecule has 0 spiro atoms. The molecule has 1 fully saturated rings. The topological polar surface area (TPSA) is 42.2 Å². The average molecular weight is 318 g/mol. The Balaban J connectivity index is 1.58. The van der Waals surface area contributed by atoms with Crippen LogP contribution in [0.15, 0.2) is 47.1 Å². The molecule has 116 valence electrons. The standard InChI is InChI=1S/C18H20ClNO2/c1-13(4-9-16-3-2-12-22-16)20-17(21)18(10-11-18)14-5-7-15(19)8-6-14/h2-3,5-8,12-13H,4,9-11H2,1H3,(H,20,21). The van der Waals surface area contributed by atoms with Crippen LogP contribution in [0.2, 0.25) is 5.02 Å². The smallest absolute Gasteiger partial charge is 0.230 e. The van der Waals surface area contributed by atoms with Gasteiger partial charge in [-0.15, -0.1) is 0 Å². The van der Waals surface area contributed by atoms with Crippen LogP contribution in [-0.2, 0) is 16.6 Å². The Hall–Kier alpha value is -1.74. The van der Waals surface area contributed by atoms with Gasteiger partial charge in [-0.25, -0.2) is 0 Å². The van der Waals surface area contributed by atoms with Crippen LogP contribution in [0.3, 0.4) is 0 Å². The van der Waals surface area contributed by atoms with E-state index < -0.39 is 0 Å². The maximum Gasteiger partial charge on any atom is 0.230 e. The van der Waals surface area contributed by atoms with Crippen molar-refractivity contribution in [3.05, 3.63) is 59.0 Å². The molecular formula is C18H20ClNO2. The monoisotopic (exact) mass is 317 g/mol.